The first kappa shape index (κ1) is 15.8. The van der Waals surface area contributed by atoms with Gasteiger partial charge in [0, 0.05) is 12.4 Å². The Hall–Kier alpha value is -0.620. The van der Waals surface area contributed by atoms with Crippen molar-refractivity contribution in [2.45, 2.75) is 37.1 Å². The van der Waals surface area contributed by atoms with Gasteiger partial charge in [-0.25, -0.2) is 8.42 Å². The van der Waals surface area contributed by atoms with Crippen LogP contribution in [0, 0.1) is 6.92 Å². The van der Waals surface area contributed by atoms with Crippen molar-refractivity contribution in [3.8, 4) is 0 Å². The Bertz CT molecular complexity index is 598. The molecule has 20 heavy (non-hydrogen) atoms. The molecule has 0 aliphatic carbocycles. The van der Waals surface area contributed by atoms with Gasteiger partial charge in [-0.1, -0.05) is 12.1 Å². The molecule has 0 spiro atoms. The van der Waals surface area contributed by atoms with Crippen molar-refractivity contribution in [2.24, 2.45) is 0 Å². The molecular formula is C14H20ClNO3S. The zero-order valence-corrected chi connectivity index (χ0v) is 13.6. The molecule has 4 nitrogen and oxygen atoms in total. The molecule has 1 aromatic rings. The van der Waals surface area contributed by atoms with Gasteiger partial charge in [-0.15, -0.1) is 11.6 Å². The lowest BCUT2D eigenvalue weighted by Gasteiger charge is -2.41. The molecule has 112 valence electrons. The van der Waals surface area contributed by atoms with Crippen molar-refractivity contribution in [3.63, 3.8) is 0 Å². The molecule has 0 radical (unpaired) electrons. The number of alkyl halides is 1. The third-order valence-corrected chi connectivity index (χ3v) is 6.22. The highest BCUT2D eigenvalue weighted by molar-refractivity contribution is 7.89. The first-order chi connectivity index (χ1) is 9.30. The predicted molar refractivity (Wildman–Crippen MR) is 79.5 cm³/mol. The van der Waals surface area contributed by atoms with Gasteiger partial charge in [0.2, 0.25) is 10.0 Å². The summed E-state index contributed by atoms with van der Waals surface area (Å²) in [6.07, 6.45) is 0. The lowest BCUT2D eigenvalue weighted by atomic mass is 10.1. The Morgan fingerprint density at radius 1 is 1.40 bits per heavy atom. The molecule has 1 aliphatic rings. The lowest BCUT2D eigenvalue weighted by Crippen LogP contribution is -2.55. The van der Waals surface area contributed by atoms with Crippen molar-refractivity contribution in [1.82, 2.24) is 4.31 Å². The Morgan fingerprint density at radius 2 is 2.10 bits per heavy atom. The molecule has 0 amide bonds. The van der Waals surface area contributed by atoms with Crippen LogP contribution >= 0.6 is 11.6 Å². The Kier molecular flexibility index (Phi) is 4.44. The van der Waals surface area contributed by atoms with E-state index in [-0.39, 0.29) is 0 Å². The van der Waals surface area contributed by atoms with Crippen molar-refractivity contribution in [2.75, 3.05) is 19.8 Å². The van der Waals surface area contributed by atoms with E-state index in [1.165, 1.54) is 4.31 Å². The topological polar surface area (TPSA) is 46.6 Å². The van der Waals surface area contributed by atoms with Crippen LogP contribution in [0.3, 0.4) is 0 Å². The van der Waals surface area contributed by atoms with Crippen LogP contribution in [-0.4, -0.2) is 38.0 Å². The number of morpholine rings is 1. The van der Waals surface area contributed by atoms with E-state index in [2.05, 4.69) is 0 Å². The van der Waals surface area contributed by atoms with Gasteiger partial charge >= 0.3 is 0 Å². The summed E-state index contributed by atoms with van der Waals surface area (Å²) in [5, 5.41) is 0. The first-order valence-electron chi connectivity index (χ1n) is 6.56. The quantitative estimate of drug-likeness (QED) is 0.805. The van der Waals surface area contributed by atoms with Crippen LogP contribution in [0.4, 0.5) is 0 Å². The third kappa shape index (κ3) is 2.72. The summed E-state index contributed by atoms with van der Waals surface area (Å²) >= 11 is 5.87. The van der Waals surface area contributed by atoms with Gasteiger partial charge in [-0.3, -0.25) is 0 Å². The predicted octanol–water partition coefficient (Wildman–Crippen LogP) is 2.53. The smallest absolute Gasteiger partial charge is 0.243 e. The summed E-state index contributed by atoms with van der Waals surface area (Å²) in [4.78, 5) is 0.339. The SMILES string of the molecule is Cc1c(CCl)cccc1S(=O)(=O)N1CCOCC1(C)C. The number of nitrogens with zero attached hydrogens (tertiary/aromatic N) is 1. The second-order valence-electron chi connectivity index (χ2n) is 5.62. The minimum atomic E-state index is -3.54. The maximum Gasteiger partial charge on any atom is 0.243 e. The molecular weight excluding hydrogens is 298 g/mol. The summed E-state index contributed by atoms with van der Waals surface area (Å²) in [7, 11) is -3.54. The normalized spacial score (nSPS) is 20.0. The Labute approximate surface area is 125 Å². The molecule has 0 bridgehead atoms. The molecule has 1 heterocycles. The maximum atomic E-state index is 12.9. The van der Waals surface area contributed by atoms with E-state index in [0.717, 1.165) is 11.1 Å². The summed E-state index contributed by atoms with van der Waals surface area (Å²) in [6.45, 7) is 6.77. The molecule has 1 fully saturated rings. The fraction of sp³-hybridized carbons (Fsp3) is 0.571. The molecule has 1 aliphatic heterocycles. The first-order valence-corrected chi connectivity index (χ1v) is 8.53. The number of rotatable bonds is 3. The number of hydrogen-bond acceptors (Lipinski definition) is 3. The third-order valence-electron chi connectivity index (χ3n) is 3.68. The van der Waals surface area contributed by atoms with Crippen molar-refractivity contribution in [1.29, 1.82) is 0 Å². The van der Waals surface area contributed by atoms with E-state index in [0.29, 0.717) is 30.5 Å². The van der Waals surface area contributed by atoms with Gasteiger partial charge in [0.25, 0.3) is 0 Å². The van der Waals surface area contributed by atoms with Crippen molar-refractivity contribution >= 4 is 21.6 Å². The monoisotopic (exact) mass is 317 g/mol. The molecule has 0 saturated carbocycles. The van der Waals surface area contributed by atoms with Gasteiger partial charge in [-0.05, 0) is 38.0 Å². The van der Waals surface area contributed by atoms with E-state index in [4.69, 9.17) is 16.3 Å². The molecule has 0 aromatic heterocycles. The van der Waals surface area contributed by atoms with Gasteiger partial charge < -0.3 is 4.74 Å². The minimum absolute atomic E-state index is 0.307. The van der Waals surface area contributed by atoms with Crippen LogP contribution in [0.5, 0.6) is 0 Å². The molecule has 0 atom stereocenters. The van der Waals surface area contributed by atoms with Crippen LogP contribution in [-0.2, 0) is 20.6 Å². The van der Waals surface area contributed by atoms with Crippen LogP contribution in [0.25, 0.3) is 0 Å². The summed E-state index contributed by atoms with van der Waals surface area (Å²) in [6, 6.07) is 5.24. The van der Waals surface area contributed by atoms with E-state index in [9.17, 15) is 8.42 Å². The molecule has 0 N–H and O–H groups in total. The maximum absolute atomic E-state index is 12.9. The van der Waals surface area contributed by atoms with Crippen LogP contribution < -0.4 is 0 Å². The summed E-state index contributed by atoms with van der Waals surface area (Å²) in [5.74, 6) is 0.307. The summed E-state index contributed by atoms with van der Waals surface area (Å²) in [5.41, 5.74) is 1.03. The van der Waals surface area contributed by atoms with Crippen LogP contribution in [0.15, 0.2) is 23.1 Å². The molecule has 1 aromatic carbocycles. The van der Waals surface area contributed by atoms with Gasteiger partial charge in [0.15, 0.2) is 0 Å². The molecule has 2 rings (SSSR count). The summed E-state index contributed by atoms with van der Waals surface area (Å²) < 4.78 is 32.8. The second kappa shape index (κ2) is 5.64. The van der Waals surface area contributed by atoms with Gasteiger partial charge in [0.05, 0.1) is 23.6 Å². The fourth-order valence-electron chi connectivity index (χ4n) is 2.49. The van der Waals surface area contributed by atoms with Gasteiger partial charge in [0.1, 0.15) is 0 Å². The van der Waals surface area contributed by atoms with Crippen LogP contribution in [0.1, 0.15) is 25.0 Å². The molecule has 6 heteroatoms. The number of benzene rings is 1. The Balaban J connectivity index is 2.50. The van der Waals surface area contributed by atoms with E-state index in [1.807, 2.05) is 19.9 Å². The average molecular weight is 318 g/mol. The molecule has 1 saturated heterocycles. The van der Waals surface area contributed by atoms with E-state index >= 15 is 0 Å². The van der Waals surface area contributed by atoms with Crippen molar-refractivity contribution < 1.29 is 13.2 Å². The second-order valence-corrected chi connectivity index (χ2v) is 7.71. The Morgan fingerprint density at radius 3 is 2.70 bits per heavy atom. The van der Waals surface area contributed by atoms with Crippen LogP contribution in [0.2, 0.25) is 0 Å². The zero-order chi connectivity index (χ0) is 15.0. The largest absolute Gasteiger partial charge is 0.378 e. The number of sulfonamides is 1. The average Bonchev–Trinajstić information content (AvgIpc) is 2.37. The highest BCUT2D eigenvalue weighted by Gasteiger charge is 2.40. The van der Waals surface area contributed by atoms with E-state index in [1.54, 1.807) is 19.1 Å². The highest BCUT2D eigenvalue weighted by atomic mass is 35.5. The fourth-order valence-corrected chi connectivity index (χ4v) is 4.81. The van der Waals surface area contributed by atoms with Gasteiger partial charge in [-0.2, -0.15) is 4.31 Å². The molecule has 0 unspecified atom stereocenters. The lowest BCUT2D eigenvalue weighted by molar-refractivity contribution is -0.00772. The number of hydrogen-bond donors (Lipinski definition) is 0. The zero-order valence-electron chi connectivity index (χ0n) is 12.0. The highest BCUT2D eigenvalue weighted by Crippen LogP contribution is 2.30. The standard InChI is InChI=1S/C14H20ClNO3S/c1-11-12(9-15)5-4-6-13(11)20(17,18)16-7-8-19-10-14(16,2)3/h4-6H,7-10H2,1-3H3. The minimum Gasteiger partial charge on any atom is -0.378 e. The van der Waals surface area contributed by atoms with E-state index < -0.39 is 15.6 Å². The number of ether oxygens (including phenoxy) is 1. The van der Waals surface area contributed by atoms with Crippen molar-refractivity contribution in [3.05, 3.63) is 29.3 Å². The number of halogens is 1.